The minimum absolute atomic E-state index is 0.00391. The third kappa shape index (κ3) is 3.05. The number of phenols is 3. The van der Waals surface area contributed by atoms with Gasteiger partial charge in [0, 0.05) is 22.5 Å². The number of rotatable bonds is 3. The van der Waals surface area contributed by atoms with Gasteiger partial charge in [0.2, 0.25) is 0 Å². The molecule has 3 aromatic rings. The average molecular weight is 336 g/mol. The highest BCUT2D eigenvalue weighted by Gasteiger charge is 2.18. The van der Waals surface area contributed by atoms with E-state index in [1.807, 2.05) is 6.07 Å². The first-order valence-corrected chi connectivity index (χ1v) is 7.42. The van der Waals surface area contributed by atoms with Gasteiger partial charge in [0.05, 0.1) is 0 Å². The maximum absolute atomic E-state index is 12.7. The molecule has 126 valence electrons. The lowest BCUT2D eigenvalue weighted by molar-refractivity contribution is 0.103. The number of carbonyl (C=O) groups excluding carboxylic acids is 1. The molecule has 0 aliphatic heterocycles. The van der Waals surface area contributed by atoms with Gasteiger partial charge in [-0.05, 0) is 47.5 Å². The molecule has 3 aromatic carbocycles. The van der Waals surface area contributed by atoms with Gasteiger partial charge in [0.1, 0.15) is 0 Å². The maximum Gasteiger partial charge on any atom is 0.200 e. The SMILES string of the molecule is Nc1cccc(-c2ccc(N)c(C(=O)c3cc(O)c(O)c(O)c3)c2)c1. The van der Waals surface area contributed by atoms with Crippen LogP contribution in [0.2, 0.25) is 0 Å². The Morgan fingerprint density at radius 2 is 1.44 bits per heavy atom. The van der Waals surface area contributed by atoms with Gasteiger partial charge in [-0.25, -0.2) is 0 Å². The summed E-state index contributed by atoms with van der Waals surface area (Å²) in [5.41, 5.74) is 14.3. The molecule has 3 rings (SSSR count). The van der Waals surface area contributed by atoms with Gasteiger partial charge >= 0.3 is 0 Å². The van der Waals surface area contributed by atoms with Crippen LogP contribution in [0.3, 0.4) is 0 Å². The summed E-state index contributed by atoms with van der Waals surface area (Å²) < 4.78 is 0. The topological polar surface area (TPSA) is 130 Å². The number of ketones is 1. The molecule has 6 heteroatoms. The van der Waals surface area contributed by atoms with Crippen molar-refractivity contribution >= 4 is 17.2 Å². The number of aromatic hydroxyl groups is 3. The quantitative estimate of drug-likeness (QED) is 0.284. The largest absolute Gasteiger partial charge is 0.504 e. The number of nitrogen functional groups attached to an aromatic ring is 2. The second kappa shape index (κ2) is 6.09. The van der Waals surface area contributed by atoms with Gasteiger partial charge in [0.25, 0.3) is 0 Å². The number of carbonyl (C=O) groups is 1. The molecule has 0 aliphatic carbocycles. The molecule has 6 nitrogen and oxygen atoms in total. The molecule has 25 heavy (non-hydrogen) atoms. The van der Waals surface area contributed by atoms with E-state index in [1.165, 1.54) is 0 Å². The molecule has 0 atom stereocenters. The van der Waals surface area contributed by atoms with E-state index in [0.717, 1.165) is 23.3 Å². The second-order valence-corrected chi connectivity index (χ2v) is 5.62. The number of hydrogen-bond donors (Lipinski definition) is 5. The highest BCUT2D eigenvalue weighted by molar-refractivity contribution is 6.13. The second-order valence-electron chi connectivity index (χ2n) is 5.62. The lowest BCUT2D eigenvalue weighted by atomic mass is 9.96. The molecule has 0 aliphatic rings. The minimum Gasteiger partial charge on any atom is -0.504 e. The molecule has 0 heterocycles. The Hall–Kier alpha value is -3.67. The molecule has 0 fully saturated rings. The van der Waals surface area contributed by atoms with Crippen LogP contribution in [0.4, 0.5) is 11.4 Å². The molecule has 0 bridgehead atoms. The van der Waals surface area contributed by atoms with E-state index in [1.54, 1.807) is 36.4 Å². The average Bonchev–Trinajstić information content (AvgIpc) is 2.59. The number of anilines is 2. The van der Waals surface area contributed by atoms with Gasteiger partial charge in [-0.15, -0.1) is 0 Å². The van der Waals surface area contributed by atoms with E-state index >= 15 is 0 Å². The van der Waals surface area contributed by atoms with Crippen molar-refractivity contribution in [3.63, 3.8) is 0 Å². The van der Waals surface area contributed by atoms with Gasteiger partial charge < -0.3 is 26.8 Å². The molecule has 0 spiro atoms. The summed E-state index contributed by atoms with van der Waals surface area (Å²) >= 11 is 0. The Balaban J connectivity index is 2.08. The van der Waals surface area contributed by atoms with Crippen molar-refractivity contribution in [2.75, 3.05) is 11.5 Å². The fourth-order valence-corrected chi connectivity index (χ4v) is 2.54. The molecular formula is C19H16N2O4. The van der Waals surface area contributed by atoms with E-state index in [0.29, 0.717) is 5.69 Å². The summed E-state index contributed by atoms with van der Waals surface area (Å²) in [5.74, 6) is -2.35. The molecule has 0 unspecified atom stereocenters. The van der Waals surface area contributed by atoms with Crippen molar-refractivity contribution in [2.45, 2.75) is 0 Å². The van der Waals surface area contributed by atoms with Crippen molar-refractivity contribution in [3.8, 4) is 28.4 Å². The molecule has 0 aromatic heterocycles. The highest BCUT2D eigenvalue weighted by Crippen LogP contribution is 2.36. The van der Waals surface area contributed by atoms with E-state index < -0.39 is 23.0 Å². The van der Waals surface area contributed by atoms with Crippen LogP contribution in [0.5, 0.6) is 17.2 Å². The molecule has 0 saturated heterocycles. The Labute approximate surface area is 143 Å². The first kappa shape index (κ1) is 16.2. The third-order valence-electron chi connectivity index (χ3n) is 3.85. The van der Waals surface area contributed by atoms with Crippen LogP contribution in [0.15, 0.2) is 54.6 Å². The predicted octanol–water partition coefficient (Wildman–Crippen LogP) is 2.87. The van der Waals surface area contributed by atoms with E-state index in [9.17, 15) is 20.1 Å². The fourth-order valence-electron chi connectivity index (χ4n) is 2.54. The predicted molar refractivity (Wildman–Crippen MR) is 95.6 cm³/mol. The van der Waals surface area contributed by atoms with Gasteiger partial charge in [-0.2, -0.15) is 0 Å². The van der Waals surface area contributed by atoms with Crippen molar-refractivity contribution in [1.29, 1.82) is 0 Å². The lowest BCUT2D eigenvalue weighted by Crippen LogP contribution is -2.05. The van der Waals surface area contributed by atoms with Crippen LogP contribution in [-0.4, -0.2) is 21.1 Å². The lowest BCUT2D eigenvalue weighted by Gasteiger charge is -2.10. The number of benzene rings is 3. The molecule has 0 radical (unpaired) electrons. The van der Waals surface area contributed by atoms with Crippen molar-refractivity contribution in [2.24, 2.45) is 0 Å². The van der Waals surface area contributed by atoms with Crippen molar-refractivity contribution in [1.82, 2.24) is 0 Å². The summed E-state index contributed by atoms with van der Waals surface area (Å²) in [6.07, 6.45) is 0. The normalized spacial score (nSPS) is 10.6. The Kier molecular flexibility index (Phi) is 3.94. The van der Waals surface area contributed by atoms with Crippen molar-refractivity contribution in [3.05, 3.63) is 65.7 Å². The zero-order valence-corrected chi connectivity index (χ0v) is 13.1. The Morgan fingerprint density at radius 1 is 0.800 bits per heavy atom. The summed E-state index contributed by atoms with van der Waals surface area (Å²) in [6.45, 7) is 0. The zero-order chi connectivity index (χ0) is 18.1. The Morgan fingerprint density at radius 3 is 2.08 bits per heavy atom. The van der Waals surface area contributed by atoms with Crippen molar-refractivity contribution < 1.29 is 20.1 Å². The first-order valence-electron chi connectivity index (χ1n) is 7.42. The van der Waals surface area contributed by atoms with E-state index in [-0.39, 0.29) is 16.8 Å². The monoisotopic (exact) mass is 336 g/mol. The summed E-state index contributed by atoms with van der Waals surface area (Å²) in [6, 6.07) is 14.3. The van der Waals surface area contributed by atoms with Crippen LogP contribution in [0.1, 0.15) is 15.9 Å². The van der Waals surface area contributed by atoms with E-state index in [2.05, 4.69) is 0 Å². The van der Waals surface area contributed by atoms with Crippen LogP contribution >= 0.6 is 0 Å². The van der Waals surface area contributed by atoms with Crippen LogP contribution < -0.4 is 11.5 Å². The van der Waals surface area contributed by atoms with Crippen LogP contribution in [0, 0.1) is 0 Å². The standard InChI is InChI=1S/C19H16N2O4/c20-13-3-1-2-10(6-13)11-4-5-15(21)14(7-11)18(24)12-8-16(22)19(25)17(23)9-12/h1-9,22-23,25H,20-21H2. The molecule has 7 N–H and O–H groups in total. The maximum atomic E-state index is 12.7. The van der Waals surface area contributed by atoms with Gasteiger partial charge in [-0.3, -0.25) is 4.79 Å². The smallest absolute Gasteiger partial charge is 0.200 e. The molecular weight excluding hydrogens is 320 g/mol. The summed E-state index contributed by atoms with van der Waals surface area (Å²) in [7, 11) is 0. The summed E-state index contributed by atoms with van der Waals surface area (Å²) in [5, 5.41) is 28.6. The van der Waals surface area contributed by atoms with Gasteiger partial charge in [0.15, 0.2) is 23.0 Å². The highest BCUT2D eigenvalue weighted by atomic mass is 16.3. The number of phenolic OH excluding ortho intramolecular Hbond substituents is 3. The summed E-state index contributed by atoms with van der Waals surface area (Å²) in [4.78, 5) is 12.7. The van der Waals surface area contributed by atoms with E-state index in [4.69, 9.17) is 11.5 Å². The van der Waals surface area contributed by atoms with Crippen LogP contribution in [0.25, 0.3) is 11.1 Å². The number of nitrogens with two attached hydrogens (primary N) is 2. The Bertz CT molecular complexity index is 960. The van der Waals surface area contributed by atoms with Gasteiger partial charge in [-0.1, -0.05) is 18.2 Å². The first-order chi connectivity index (χ1) is 11.9. The molecule has 0 saturated carbocycles. The third-order valence-corrected chi connectivity index (χ3v) is 3.85. The minimum atomic E-state index is -0.682. The van der Waals surface area contributed by atoms with Crippen LogP contribution in [-0.2, 0) is 0 Å². The zero-order valence-electron chi connectivity index (χ0n) is 13.1. The number of hydrogen-bond acceptors (Lipinski definition) is 6. The molecule has 0 amide bonds. The fraction of sp³-hybridized carbons (Fsp3) is 0.